The smallest absolute Gasteiger partial charge is 0.254 e. The van der Waals surface area contributed by atoms with Crippen LogP contribution in [0.2, 0.25) is 0 Å². The number of aromatic amines is 1. The lowest BCUT2D eigenvalue weighted by molar-refractivity contribution is 0.0966. The van der Waals surface area contributed by atoms with Crippen LogP contribution in [0.15, 0.2) is 55.1 Å². The average molecular weight is 470 g/mol. The van der Waals surface area contributed by atoms with Gasteiger partial charge in [0.25, 0.3) is 5.91 Å². The molecule has 1 fully saturated rings. The highest BCUT2D eigenvalue weighted by atomic mass is 16.1. The van der Waals surface area contributed by atoms with Crippen molar-refractivity contribution in [2.24, 2.45) is 0 Å². The van der Waals surface area contributed by atoms with Crippen LogP contribution in [0, 0.1) is 0 Å². The zero-order chi connectivity index (χ0) is 24.4. The summed E-state index contributed by atoms with van der Waals surface area (Å²) in [7, 11) is 2.15. The molecule has 0 unspecified atom stereocenters. The quantitative estimate of drug-likeness (QED) is 0.411. The lowest BCUT2D eigenvalue weighted by Crippen LogP contribution is -2.44. The van der Waals surface area contributed by atoms with Crippen molar-refractivity contribution >= 4 is 34.0 Å². The van der Waals surface area contributed by atoms with Gasteiger partial charge in [-0.2, -0.15) is 0 Å². The van der Waals surface area contributed by atoms with E-state index in [9.17, 15) is 4.79 Å². The van der Waals surface area contributed by atoms with Gasteiger partial charge in [0.15, 0.2) is 0 Å². The van der Waals surface area contributed by atoms with Crippen molar-refractivity contribution in [3.63, 3.8) is 0 Å². The van der Waals surface area contributed by atoms with Crippen LogP contribution in [0.1, 0.15) is 29.8 Å². The maximum absolute atomic E-state index is 12.7. The van der Waals surface area contributed by atoms with Gasteiger partial charge in [-0.1, -0.05) is 19.9 Å². The second-order valence-corrected chi connectivity index (χ2v) is 8.64. The molecule has 1 amide bonds. The van der Waals surface area contributed by atoms with Crippen molar-refractivity contribution in [2.45, 2.75) is 20.4 Å². The lowest BCUT2D eigenvalue weighted by atomic mass is 9.95. The molecule has 0 bridgehead atoms. The Bertz CT molecular complexity index is 1340. The predicted octanol–water partition coefficient (Wildman–Crippen LogP) is 4.39. The molecule has 2 aliphatic rings. The van der Waals surface area contributed by atoms with Crippen molar-refractivity contribution in [1.29, 1.82) is 0 Å². The lowest BCUT2D eigenvalue weighted by Gasteiger charge is -2.33. The maximum Gasteiger partial charge on any atom is 0.254 e. The Morgan fingerprint density at radius 3 is 2.57 bits per heavy atom. The number of carbonyl (C=O) groups excluding carboxylic acids is 1. The largest absolute Gasteiger partial charge is 0.368 e. The first-order chi connectivity index (χ1) is 17.2. The number of rotatable bonds is 4. The Labute approximate surface area is 205 Å². The molecule has 0 aliphatic carbocycles. The minimum Gasteiger partial charge on any atom is -0.368 e. The van der Waals surface area contributed by atoms with E-state index in [1.54, 1.807) is 6.20 Å². The fourth-order valence-electron chi connectivity index (χ4n) is 4.74. The highest BCUT2D eigenvalue weighted by Gasteiger charge is 2.27. The van der Waals surface area contributed by atoms with E-state index in [1.165, 1.54) is 0 Å². The average Bonchev–Trinajstić information content (AvgIpc) is 3.51. The minimum atomic E-state index is -0.0682. The van der Waals surface area contributed by atoms with Crippen LogP contribution in [0.3, 0.4) is 0 Å². The summed E-state index contributed by atoms with van der Waals surface area (Å²) in [5.41, 5.74) is 6.66. The van der Waals surface area contributed by atoms with Crippen LogP contribution < -0.4 is 15.5 Å². The Morgan fingerprint density at radius 2 is 1.80 bits per heavy atom. The van der Waals surface area contributed by atoms with Crippen LogP contribution in [0.25, 0.3) is 22.0 Å². The van der Waals surface area contributed by atoms with E-state index in [0.29, 0.717) is 12.1 Å². The molecular formula is C27H31N7O. The summed E-state index contributed by atoms with van der Waals surface area (Å²) < 4.78 is 0. The van der Waals surface area contributed by atoms with Gasteiger partial charge in [-0.25, -0.2) is 4.98 Å². The standard InChI is InChI=1S/C25H25N7O.C2H6/c1-31-8-10-32(11-9-31)16-2-5-23(28-12-16)30-22-4-3-17(20-15-29-25(33)24(20)22)18-14-27-21-6-7-26-13-19(18)21;1-2/h2-7,12-14,27H,8-11,15H2,1H3,(H,28,30)(H,29,33);1-2H3. The van der Waals surface area contributed by atoms with Crippen LogP contribution in [0.5, 0.6) is 0 Å². The first kappa shape index (κ1) is 22.9. The molecule has 3 aromatic heterocycles. The minimum absolute atomic E-state index is 0.0682. The summed E-state index contributed by atoms with van der Waals surface area (Å²) in [6, 6.07) is 10.1. The monoisotopic (exact) mass is 469 g/mol. The van der Waals surface area contributed by atoms with E-state index in [1.807, 2.05) is 50.6 Å². The number of pyridine rings is 2. The highest BCUT2D eigenvalue weighted by Crippen LogP contribution is 2.37. The van der Waals surface area contributed by atoms with Crippen LogP contribution in [0.4, 0.5) is 17.2 Å². The van der Waals surface area contributed by atoms with Crippen molar-refractivity contribution < 1.29 is 4.79 Å². The Hall–Kier alpha value is -3.91. The number of anilines is 3. The zero-order valence-corrected chi connectivity index (χ0v) is 20.4. The Balaban J connectivity index is 0.00000124. The van der Waals surface area contributed by atoms with Crippen molar-refractivity contribution in [3.8, 4) is 11.1 Å². The number of hydrogen-bond acceptors (Lipinski definition) is 6. The second kappa shape index (κ2) is 9.76. The summed E-state index contributed by atoms with van der Waals surface area (Å²) in [6.45, 7) is 8.62. The van der Waals surface area contributed by atoms with Gasteiger partial charge in [0.1, 0.15) is 5.82 Å². The maximum atomic E-state index is 12.7. The molecule has 8 heteroatoms. The predicted molar refractivity (Wildman–Crippen MR) is 141 cm³/mol. The molecule has 0 saturated carbocycles. The van der Waals surface area contributed by atoms with E-state index < -0.39 is 0 Å². The zero-order valence-electron chi connectivity index (χ0n) is 20.4. The molecule has 2 aliphatic heterocycles. The van der Waals surface area contributed by atoms with Crippen LogP contribution in [-0.4, -0.2) is 59.0 Å². The fraction of sp³-hybridized carbons (Fsp3) is 0.296. The highest BCUT2D eigenvalue weighted by molar-refractivity contribution is 6.07. The first-order valence-corrected chi connectivity index (χ1v) is 12.2. The third-order valence-electron chi connectivity index (χ3n) is 6.62. The molecule has 5 heterocycles. The van der Waals surface area contributed by atoms with Gasteiger partial charge in [0, 0.05) is 67.8 Å². The number of nitrogens with one attached hydrogen (secondary N) is 3. The molecule has 180 valence electrons. The summed E-state index contributed by atoms with van der Waals surface area (Å²) in [4.78, 5) is 29.6. The third kappa shape index (κ3) is 4.33. The van der Waals surface area contributed by atoms with E-state index in [-0.39, 0.29) is 5.91 Å². The SMILES string of the molecule is CC.CN1CCN(c2ccc(Nc3ccc(-c4c[nH]c5ccncc45)c4c3C(=O)NC4)nc2)CC1. The molecule has 35 heavy (non-hydrogen) atoms. The molecule has 0 atom stereocenters. The normalized spacial score (nSPS) is 15.4. The number of amides is 1. The Morgan fingerprint density at radius 1 is 0.971 bits per heavy atom. The molecule has 8 nitrogen and oxygen atoms in total. The third-order valence-corrected chi connectivity index (χ3v) is 6.62. The summed E-state index contributed by atoms with van der Waals surface area (Å²) >= 11 is 0. The number of H-pyrrole nitrogens is 1. The number of carbonyl (C=O) groups is 1. The number of aromatic nitrogens is 3. The van der Waals surface area contributed by atoms with Crippen molar-refractivity contribution in [2.75, 3.05) is 43.4 Å². The van der Waals surface area contributed by atoms with E-state index in [4.69, 9.17) is 0 Å². The molecule has 0 radical (unpaired) electrons. The molecule has 1 aromatic carbocycles. The van der Waals surface area contributed by atoms with E-state index in [0.717, 1.165) is 71.0 Å². The van der Waals surface area contributed by atoms with Crippen molar-refractivity contribution in [3.05, 3.63) is 66.2 Å². The van der Waals surface area contributed by atoms with Gasteiger partial charge < -0.3 is 25.4 Å². The summed E-state index contributed by atoms with van der Waals surface area (Å²) in [5, 5.41) is 7.39. The number of nitrogens with zero attached hydrogens (tertiary/aromatic N) is 4. The number of hydrogen-bond donors (Lipinski definition) is 3. The molecule has 1 saturated heterocycles. The first-order valence-electron chi connectivity index (χ1n) is 12.2. The molecular weight excluding hydrogens is 438 g/mol. The summed E-state index contributed by atoms with van der Waals surface area (Å²) in [5.74, 6) is 0.653. The van der Waals surface area contributed by atoms with E-state index in [2.05, 4.69) is 54.6 Å². The van der Waals surface area contributed by atoms with E-state index >= 15 is 0 Å². The van der Waals surface area contributed by atoms with Gasteiger partial charge in [-0.15, -0.1) is 0 Å². The fourth-order valence-corrected chi connectivity index (χ4v) is 4.74. The number of fused-ring (bicyclic) bond motifs is 2. The van der Waals surface area contributed by atoms with Crippen LogP contribution in [-0.2, 0) is 6.54 Å². The van der Waals surface area contributed by atoms with Crippen LogP contribution >= 0.6 is 0 Å². The van der Waals surface area contributed by atoms with Gasteiger partial charge in [-0.05, 0) is 42.4 Å². The number of piperazine rings is 1. The molecule has 0 spiro atoms. The number of benzene rings is 1. The molecule has 3 N–H and O–H groups in total. The van der Waals surface area contributed by atoms with Crippen molar-refractivity contribution in [1.82, 2.24) is 25.2 Å². The molecule has 4 aromatic rings. The van der Waals surface area contributed by atoms with Gasteiger partial charge >= 0.3 is 0 Å². The molecule has 6 rings (SSSR count). The Kier molecular flexibility index (Phi) is 6.37. The number of likely N-dealkylation sites (N-methyl/N-ethyl adjacent to an activating group) is 1. The topological polar surface area (TPSA) is 89.2 Å². The summed E-state index contributed by atoms with van der Waals surface area (Å²) in [6.07, 6.45) is 7.51. The second-order valence-electron chi connectivity index (χ2n) is 8.64. The van der Waals surface area contributed by atoms with Gasteiger partial charge in [0.05, 0.1) is 23.1 Å². The van der Waals surface area contributed by atoms with Gasteiger partial charge in [0.2, 0.25) is 0 Å². The van der Waals surface area contributed by atoms with Gasteiger partial charge in [-0.3, -0.25) is 9.78 Å².